The van der Waals surface area contributed by atoms with Gasteiger partial charge in [-0.1, -0.05) is 27.2 Å². The molecule has 0 aliphatic carbocycles. The molecule has 0 aromatic carbocycles. The maximum atomic E-state index is 9.24. The summed E-state index contributed by atoms with van der Waals surface area (Å²) in [7, 11) is 0. The highest BCUT2D eigenvalue weighted by molar-refractivity contribution is 5.14. The van der Waals surface area contributed by atoms with Crippen LogP contribution in [-0.2, 0) is 13.0 Å². The molecule has 0 saturated heterocycles. The third kappa shape index (κ3) is 2.76. The van der Waals surface area contributed by atoms with Crippen molar-refractivity contribution >= 4 is 0 Å². The maximum Gasteiger partial charge on any atom is 0.230 e. The van der Waals surface area contributed by atoms with Crippen LogP contribution in [0.1, 0.15) is 32.9 Å². The SMILES string of the molecule is CCCc1cc(O)nn1CC(C)C. The number of aromatic nitrogens is 2. The van der Waals surface area contributed by atoms with E-state index >= 15 is 0 Å². The van der Waals surface area contributed by atoms with Gasteiger partial charge in [-0.05, 0) is 12.3 Å². The van der Waals surface area contributed by atoms with E-state index in [0.29, 0.717) is 5.92 Å². The van der Waals surface area contributed by atoms with Crippen LogP contribution >= 0.6 is 0 Å². The van der Waals surface area contributed by atoms with Crippen LogP contribution in [0.5, 0.6) is 5.88 Å². The molecule has 0 aliphatic rings. The van der Waals surface area contributed by atoms with Crippen molar-refractivity contribution in [3.63, 3.8) is 0 Å². The average molecular weight is 182 g/mol. The van der Waals surface area contributed by atoms with E-state index in [0.717, 1.165) is 25.1 Å². The maximum absolute atomic E-state index is 9.24. The fourth-order valence-corrected chi connectivity index (χ4v) is 1.40. The number of rotatable bonds is 4. The van der Waals surface area contributed by atoms with E-state index in [1.165, 1.54) is 0 Å². The van der Waals surface area contributed by atoms with E-state index in [4.69, 9.17) is 0 Å². The number of hydrogen-bond acceptors (Lipinski definition) is 2. The van der Waals surface area contributed by atoms with E-state index in [2.05, 4.69) is 25.9 Å². The lowest BCUT2D eigenvalue weighted by Gasteiger charge is -2.08. The molecule has 3 heteroatoms. The molecule has 0 atom stereocenters. The first-order valence-corrected chi connectivity index (χ1v) is 4.89. The van der Waals surface area contributed by atoms with Gasteiger partial charge in [0.1, 0.15) is 0 Å². The summed E-state index contributed by atoms with van der Waals surface area (Å²) >= 11 is 0. The molecule has 1 aromatic rings. The smallest absolute Gasteiger partial charge is 0.230 e. The number of nitrogens with zero attached hydrogens (tertiary/aromatic N) is 2. The fourth-order valence-electron chi connectivity index (χ4n) is 1.40. The minimum Gasteiger partial charge on any atom is -0.492 e. The lowest BCUT2D eigenvalue weighted by Crippen LogP contribution is -2.09. The Morgan fingerprint density at radius 3 is 2.77 bits per heavy atom. The Balaban J connectivity index is 2.77. The quantitative estimate of drug-likeness (QED) is 0.775. The molecule has 74 valence electrons. The summed E-state index contributed by atoms with van der Waals surface area (Å²) in [5, 5.41) is 13.3. The van der Waals surface area contributed by atoms with Crippen molar-refractivity contribution in [2.45, 2.75) is 40.2 Å². The molecule has 1 aromatic heterocycles. The lowest BCUT2D eigenvalue weighted by molar-refractivity contribution is 0.416. The third-order valence-electron chi connectivity index (χ3n) is 1.89. The van der Waals surface area contributed by atoms with Gasteiger partial charge in [0.15, 0.2) is 0 Å². The number of hydrogen-bond donors (Lipinski definition) is 1. The van der Waals surface area contributed by atoms with Gasteiger partial charge in [-0.15, -0.1) is 5.10 Å². The van der Waals surface area contributed by atoms with E-state index in [9.17, 15) is 5.11 Å². The molecule has 13 heavy (non-hydrogen) atoms. The Bertz CT molecular complexity index is 266. The monoisotopic (exact) mass is 182 g/mol. The fraction of sp³-hybridized carbons (Fsp3) is 0.700. The van der Waals surface area contributed by atoms with Crippen LogP contribution in [0.15, 0.2) is 6.07 Å². The summed E-state index contributed by atoms with van der Waals surface area (Å²) in [6.07, 6.45) is 2.07. The number of aryl methyl sites for hydroxylation is 1. The van der Waals surface area contributed by atoms with Crippen molar-refractivity contribution in [3.05, 3.63) is 11.8 Å². The molecule has 0 unspecified atom stereocenters. The molecule has 0 saturated carbocycles. The molecule has 0 radical (unpaired) electrons. The molecule has 1 rings (SSSR count). The molecule has 0 spiro atoms. The molecule has 0 amide bonds. The van der Waals surface area contributed by atoms with E-state index in [1.807, 2.05) is 4.68 Å². The van der Waals surface area contributed by atoms with Gasteiger partial charge in [-0.3, -0.25) is 4.68 Å². The van der Waals surface area contributed by atoms with Crippen molar-refractivity contribution in [2.24, 2.45) is 5.92 Å². The molecular weight excluding hydrogens is 164 g/mol. The van der Waals surface area contributed by atoms with Crippen molar-refractivity contribution < 1.29 is 5.11 Å². The molecule has 0 aliphatic heterocycles. The second-order valence-electron chi connectivity index (χ2n) is 3.82. The van der Waals surface area contributed by atoms with Crippen molar-refractivity contribution in [3.8, 4) is 5.88 Å². The third-order valence-corrected chi connectivity index (χ3v) is 1.89. The second-order valence-corrected chi connectivity index (χ2v) is 3.82. The Hall–Kier alpha value is -0.990. The van der Waals surface area contributed by atoms with Crippen molar-refractivity contribution in [1.82, 2.24) is 9.78 Å². The summed E-state index contributed by atoms with van der Waals surface area (Å²) in [5.41, 5.74) is 1.13. The summed E-state index contributed by atoms with van der Waals surface area (Å²) in [6.45, 7) is 7.31. The zero-order chi connectivity index (χ0) is 9.84. The minimum atomic E-state index is 0.143. The Morgan fingerprint density at radius 2 is 2.23 bits per heavy atom. The summed E-state index contributed by atoms with van der Waals surface area (Å²) in [4.78, 5) is 0. The largest absolute Gasteiger partial charge is 0.492 e. The van der Waals surface area contributed by atoms with Crippen LogP contribution in [0, 0.1) is 5.92 Å². The zero-order valence-corrected chi connectivity index (χ0v) is 8.62. The zero-order valence-electron chi connectivity index (χ0n) is 8.62. The molecule has 3 nitrogen and oxygen atoms in total. The first-order valence-electron chi connectivity index (χ1n) is 4.89. The van der Waals surface area contributed by atoms with Crippen LogP contribution in [0.4, 0.5) is 0 Å². The highest BCUT2D eigenvalue weighted by Gasteiger charge is 2.06. The van der Waals surface area contributed by atoms with Crippen LogP contribution < -0.4 is 0 Å². The summed E-state index contributed by atoms with van der Waals surface area (Å²) < 4.78 is 1.91. The number of aromatic hydroxyl groups is 1. The summed E-state index contributed by atoms with van der Waals surface area (Å²) in [5.74, 6) is 0.707. The first-order chi connectivity index (χ1) is 6.13. The Morgan fingerprint density at radius 1 is 1.54 bits per heavy atom. The van der Waals surface area contributed by atoms with E-state index < -0.39 is 0 Å². The predicted octanol–water partition coefficient (Wildman–Crippen LogP) is 2.20. The molecule has 1 heterocycles. The van der Waals surface area contributed by atoms with Gasteiger partial charge in [0.2, 0.25) is 5.88 Å². The van der Waals surface area contributed by atoms with Crippen molar-refractivity contribution in [2.75, 3.05) is 0 Å². The first kappa shape index (κ1) is 10.1. The van der Waals surface area contributed by atoms with Crippen LogP contribution in [0.3, 0.4) is 0 Å². The second kappa shape index (κ2) is 4.30. The topological polar surface area (TPSA) is 38.1 Å². The van der Waals surface area contributed by atoms with Gasteiger partial charge in [0, 0.05) is 18.3 Å². The lowest BCUT2D eigenvalue weighted by atomic mass is 10.2. The van der Waals surface area contributed by atoms with Gasteiger partial charge < -0.3 is 5.11 Å². The molecule has 0 fully saturated rings. The summed E-state index contributed by atoms with van der Waals surface area (Å²) in [6, 6.07) is 1.76. The van der Waals surface area contributed by atoms with Gasteiger partial charge in [0.05, 0.1) is 0 Å². The standard InChI is InChI=1S/C10H18N2O/c1-4-5-9-6-10(13)11-12(9)7-8(2)3/h6,8H,4-5,7H2,1-3H3,(H,11,13). The van der Waals surface area contributed by atoms with Gasteiger partial charge in [-0.25, -0.2) is 0 Å². The molecule has 1 N–H and O–H groups in total. The van der Waals surface area contributed by atoms with E-state index in [-0.39, 0.29) is 5.88 Å². The van der Waals surface area contributed by atoms with Crippen LogP contribution in [0.2, 0.25) is 0 Å². The highest BCUT2D eigenvalue weighted by atomic mass is 16.3. The normalized spacial score (nSPS) is 11.1. The molecular formula is C10H18N2O. The Labute approximate surface area is 79.4 Å². The van der Waals surface area contributed by atoms with Crippen LogP contribution in [-0.4, -0.2) is 14.9 Å². The van der Waals surface area contributed by atoms with Gasteiger partial charge in [0.25, 0.3) is 0 Å². The Kier molecular flexibility index (Phi) is 3.34. The van der Waals surface area contributed by atoms with Crippen LogP contribution in [0.25, 0.3) is 0 Å². The van der Waals surface area contributed by atoms with Gasteiger partial charge in [-0.2, -0.15) is 0 Å². The average Bonchev–Trinajstić information content (AvgIpc) is 2.31. The predicted molar refractivity (Wildman–Crippen MR) is 52.7 cm³/mol. The van der Waals surface area contributed by atoms with Gasteiger partial charge >= 0.3 is 0 Å². The minimum absolute atomic E-state index is 0.143. The molecule has 0 bridgehead atoms. The van der Waals surface area contributed by atoms with Crippen molar-refractivity contribution in [1.29, 1.82) is 0 Å². The highest BCUT2D eigenvalue weighted by Crippen LogP contribution is 2.13. The van der Waals surface area contributed by atoms with E-state index in [1.54, 1.807) is 6.07 Å².